The smallest absolute Gasteiger partial charge is 0.322 e. The predicted octanol–water partition coefficient (Wildman–Crippen LogP) is 4.35. The largest absolute Gasteiger partial charge is 0.368 e. The van der Waals surface area contributed by atoms with E-state index in [0.717, 1.165) is 13.1 Å². The van der Waals surface area contributed by atoms with Gasteiger partial charge < -0.3 is 15.1 Å². The van der Waals surface area contributed by atoms with Gasteiger partial charge in [0.2, 0.25) is 0 Å². The van der Waals surface area contributed by atoms with Gasteiger partial charge in [-0.25, -0.2) is 4.79 Å². The maximum absolute atomic E-state index is 12.4. The van der Waals surface area contributed by atoms with Crippen LogP contribution in [0.25, 0.3) is 0 Å². The average Bonchev–Trinajstić information content (AvgIpc) is 2.60. The summed E-state index contributed by atoms with van der Waals surface area (Å²) in [6, 6.07) is 15.3. The van der Waals surface area contributed by atoms with E-state index < -0.39 is 0 Å². The minimum atomic E-state index is -0.151. The van der Waals surface area contributed by atoms with E-state index >= 15 is 0 Å². The van der Waals surface area contributed by atoms with E-state index in [2.05, 4.69) is 22.3 Å². The first-order valence-electron chi connectivity index (χ1n) is 7.45. The molecule has 0 radical (unpaired) electrons. The summed E-state index contributed by atoms with van der Waals surface area (Å²) in [5.41, 5.74) is 1.72. The zero-order valence-corrected chi connectivity index (χ0v) is 14.0. The van der Waals surface area contributed by atoms with Crippen molar-refractivity contribution in [2.45, 2.75) is 0 Å². The van der Waals surface area contributed by atoms with Gasteiger partial charge in [-0.15, -0.1) is 0 Å². The number of carbonyl (C=O) groups excluding carboxylic acids is 1. The fourth-order valence-electron chi connectivity index (χ4n) is 2.60. The number of halogens is 2. The van der Waals surface area contributed by atoms with Gasteiger partial charge in [-0.05, 0) is 24.3 Å². The molecule has 1 aliphatic heterocycles. The van der Waals surface area contributed by atoms with Crippen LogP contribution in [0, 0.1) is 0 Å². The molecule has 1 saturated heterocycles. The topological polar surface area (TPSA) is 35.6 Å². The van der Waals surface area contributed by atoms with Gasteiger partial charge >= 0.3 is 6.03 Å². The zero-order chi connectivity index (χ0) is 16.2. The first kappa shape index (κ1) is 16.0. The van der Waals surface area contributed by atoms with Gasteiger partial charge in [0.05, 0.1) is 15.7 Å². The van der Waals surface area contributed by atoms with Gasteiger partial charge in [0.25, 0.3) is 0 Å². The highest BCUT2D eigenvalue weighted by Gasteiger charge is 2.21. The molecular weight excluding hydrogens is 333 g/mol. The second-order valence-electron chi connectivity index (χ2n) is 5.34. The highest BCUT2D eigenvalue weighted by molar-refractivity contribution is 6.43. The lowest BCUT2D eigenvalue weighted by molar-refractivity contribution is 0.208. The maximum Gasteiger partial charge on any atom is 0.322 e. The standard InChI is InChI=1S/C17H17Cl2N3O/c18-14-7-4-8-15(16(14)19)20-17(23)22-11-9-21(10-12-22)13-5-2-1-3-6-13/h1-8H,9-12H2,(H,20,23). The molecule has 1 fully saturated rings. The van der Waals surface area contributed by atoms with Crippen molar-refractivity contribution >= 4 is 40.6 Å². The van der Waals surface area contributed by atoms with Crippen LogP contribution in [-0.4, -0.2) is 37.1 Å². The summed E-state index contributed by atoms with van der Waals surface area (Å²) in [5.74, 6) is 0. The molecule has 2 amide bonds. The molecule has 0 aromatic heterocycles. The third-order valence-electron chi connectivity index (χ3n) is 3.88. The third kappa shape index (κ3) is 3.71. The van der Waals surface area contributed by atoms with Crippen LogP contribution in [0.15, 0.2) is 48.5 Å². The van der Waals surface area contributed by atoms with Crippen molar-refractivity contribution < 1.29 is 4.79 Å². The summed E-state index contributed by atoms with van der Waals surface area (Å²) in [7, 11) is 0. The molecule has 1 aliphatic rings. The molecule has 0 spiro atoms. The van der Waals surface area contributed by atoms with Crippen LogP contribution >= 0.6 is 23.2 Å². The van der Waals surface area contributed by atoms with E-state index in [1.165, 1.54) is 5.69 Å². The van der Waals surface area contributed by atoms with Crippen molar-refractivity contribution in [1.29, 1.82) is 0 Å². The van der Waals surface area contributed by atoms with E-state index in [-0.39, 0.29) is 6.03 Å². The zero-order valence-electron chi connectivity index (χ0n) is 12.5. The Bertz CT molecular complexity index is 685. The Hall–Kier alpha value is -1.91. The molecule has 0 atom stereocenters. The number of carbonyl (C=O) groups is 1. The van der Waals surface area contributed by atoms with Crippen molar-refractivity contribution in [3.63, 3.8) is 0 Å². The Kier molecular flexibility index (Phi) is 4.94. The lowest BCUT2D eigenvalue weighted by Crippen LogP contribution is -2.50. The molecule has 23 heavy (non-hydrogen) atoms. The van der Waals surface area contributed by atoms with Crippen molar-refractivity contribution in [3.05, 3.63) is 58.6 Å². The monoisotopic (exact) mass is 349 g/mol. The number of piperazine rings is 1. The summed E-state index contributed by atoms with van der Waals surface area (Å²) in [6.07, 6.45) is 0. The van der Waals surface area contributed by atoms with E-state index in [4.69, 9.17) is 23.2 Å². The molecule has 3 rings (SSSR count). The van der Waals surface area contributed by atoms with Crippen LogP contribution < -0.4 is 10.2 Å². The van der Waals surface area contributed by atoms with E-state index in [9.17, 15) is 4.79 Å². The van der Waals surface area contributed by atoms with Crippen molar-refractivity contribution in [3.8, 4) is 0 Å². The number of hydrogen-bond donors (Lipinski definition) is 1. The van der Waals surface area contributed by atoms with E-state index in [1.54, 1.807) is 23.1 Å². The number of para-hydroxylation sites is 1. The average molecular weight is 350 g/mol. The number of anilines is 2. The summed E-state index contributed by atoms with van der Waals surface area (Å²) in [4.78, 5) is 16.4. The summed E-state index contributed by atoms with van der Waals surface area (Å²) in [6.45, 7) is 2.94. The second-order valence-corrected chi connectivity index (χ2v) is 6.13. The van der Waals surface area contributed by atoms with Crippen LogP contribution in [-0.2, 0) is 0 Å². The second kappa shape index (κ2) is 7.11. The first-order valence-corrected chi connectivity index (χ1v) is 8.20. The van der Waals surface area contributed by atoms with Crippen LogP contribution in [0.1, 0.15) is 0 Å². The quantitative estimate of drug-likeness (QED) is 0.874. The fourth-order valence-corrected chi connectivity index (χ4v) is 2.95. The molecule has 4 nitrogen and oxygen atoms in total. The summed E-state index contributed by atoms with van der Waals surface area (Å²) in [5, 5.41) is 3.62. The van der Waals surface area contributed by atoms with Gasteiger partial charge in [-0.1, -0.05) is 47.5 Å². The highest BCUT2D eigenvalue weighted by Crippen LogP contribution is 2.29. The molecule has 1 heterocycles. The van der Waals surface area contributed by atoms with Gasteiger partial charge in [-0.2, -0.15) is 0 Å². The Labute approximate surface area is 145 Å². The molecule has 6 heteroatoms. The lowest BCUT2D eigenvalue weighted by atomic mass is 10.2. The molecule has 0 bridgehead atoms. The number of rotatable bonds is 2. The SMILES string of the molecule is O=C(Nc1cccc(Cl)c1Cl)N1CCN(c2ccccc2)CC1. The van der Waals surface area contributed by atoms with Gasteiger partial charge in [-0.3, -0.25) is 0 Å². The number of nitrogens with one attached hydrogen (secondary N) is 1. The molecule has 0 aliphatic carbocycles. The Morgan fingerprint density at radius 3 is 2.30 bits per heavy atom. The minimum absolute atomic E-state index is 0.151. The lowest BCUT2D eigenvalue weighted by Gasteiger charge is -2.36. The fraction of sp³-hybridized carbons (Fsp3) is 0.235. The molecule has 2 aromatic carbocycles. The van der Waals surface area contributed by atoms with Crippen LogP contribution in [0.3, 0.4) is 0 Å². The highest BCUT2D eigenvalue weighted by atomic mass is 35.5. The molecular formula is C17H17Cl2N3O. The van der Waals surface area contributed by atoms with Crippen molar-refractivity contribution in [2.75, 3.05) is 36.4 Å². The first-order chi connectivity index (χ1) is 11.1. The van der Waals surface area contributed by atoms with E-state index in [1.807, 2.05) is 18.2 Å². The number of urea groups is 1. The summed E-state index contributed by atoms with van der Waals surface area (Å²) < 4.78 is 0. The Morgan fingerprint density at radius 1 is 0.913 bits per heavy atom. The Morgan fingerprint density at radius 2 is 1.61 bits per heavy atom. The number of hydrogen-bond acceptors (Lipinski definition) is 2. The van der Waals surface area contributed by atoms with E-state index in [0.29, 0.717) is 28.8 Å². The van der Waals surface area contributed by atoms with Crippen LogP contribution in [0.2, 0.25) is 10.0 Å². The van der Waals surface area contributed by atoms with Gasteiger partial charge in [0, 0.05) is 31.9 Å². The minimum Gasteiger partial charge on any atom is -0.368 e. The van der Waals surface area contributed by atoms with Crippen molar-refractivity contribution in [2.24, 2.45) is 0 Å². The molecule has 2 aromatic rings. The number of nitrogens with zero attached hydrogens (tertiary/aromatic N) is 2. The van der Waals surface area contributed by atoms with Gasteiger partial charge in [0.1, 0.15) is 0 Å². The molecule has 120 valence electrons. The normalized spacial score (nSPS) is 14.7. The van der Waals surface area contributed by atoms with Crippen LogP contribution in [0.5, 0.6) is 0 Å². The Balaban J connectivity index is 1.59. The van der Waals surface area contributed by atoms with Crippen molar-refractivity contribution in [1.82, 2.24) is 4.90 Å². The predicted molar refractivity (Wildman–Crippen MR) is 95.7 cm³/mol. The molecule has 1 N–H and O–H groups in total. The van der Waals surface area contributed by atoms with Gasteiger partial charge in [0.15, 0.2) is 0 Å². The number of amides is 2. The maximum atomic E-state index is 12.4. The third-order valence-corrected chi connectivity index (χ3v) is 4.70. The molecule has 0 unspecified atom stereocenters. The molecule has 0 saturated carbocycles. The van der Waals surface area contributed by atoms with Crippen LogP contribution in [0.4, 0.5) is 16.2 Å². The summed E-state index contributed by atoms with van der Waals surface area (Å²) >= 11 is 12.1. The number of benzene rings is 2.